The summed E-state index contributed by atoms with van der Waals surface area (Å²) in [6.07, 6.45) is 9.07. The molecule has 2 heteroatoms. The van der Waals surface area contributed by atoms with Crippen LogP contribution in [0.25, 0.3) is 27.8 Å². The third-order valence-corrected chi connectivity index (χ3v) is 8.50. The Morgan fingerprint density at radius 1 is 0.404 bits per heavy atom. The number of nitrogens with zero attached hydrogens (tertiary/aromatic N) is 2. The highest BCUT2D eigenvalue weighted by Crippen LogP contribution is 2.39. The van der Waals surface area contributed by atoms with E-state index >= 15 is 0 Å². The first-order valence-corrected chi connectivity index (χ1v) is 16.6. The Labute approximate surface area is 280 Å². The Morgan fingerprint density at radius 3 is 1.47 bits per heavy atom. The van der Waals surface area contributed by atoms with E-state index in [1.165, 1.54) is 39.1 Å². The molecule has 232 valence electrons. The zero-order chi connectivity index (χ0) is 32.4. The molecule has 0 aliphatic heterocycles. The SMILES string of the molecule is CC.CN(c1ccccc1)c1ccc(-c2ccc(N(c3cccc(C4=CCCC=C4)c3)c3cccc(-c4ccccc4)c3)cc2)cc1. The zero-order valence-electron chi connectivity index (χ0n) is 27.6. The van der Waals surface area contributed by atoms with Crippen LogP contribution in [-0.4, -0.2) is 7.05 Å². The standard InChI is InChI=1S/C43H36N2.C2H6/c1-44(39-19-9-4-10-20-39)40-27-23-35(24-28-40)36-25-29-41(30-26-36)45(42-21-11-17-37(31-42)33-13-5-2-6-14-33)43-22-12-18-38(32-43)34-15-7-3-8-16-34;1-2/h2,4-7,9-32H,3,8H2,1H3;1-2H3. The summed E-state index contributed by atoms with van der Waals surface area (Å²) in [5.41, 5.74) is 13.0. The van der Waals surface area contributed by atoms with Crippen LogP contribution < -0.4 is 9.80 Å². The van der Waals surface area contributed by atoms with E-state index in [0.717, 1.165) is 35.6 Å². The number of rotatable bonds is 8. The van der Waals surface area contributed by atoms with Crippen LogP contribution in [0.4, 0.5) is 28.4 Å². The van der Waals surface area contributed by atoms with Crippen molar-refractivity contribution in [2.24, 2.45) is 0 Å². The normalized spacial score (nSPS) is 12.0. The molecular formula is C45H42N2. The molecule has 0 aromatic heterocycles. The van der Waals surface area contributed by atoms with Crippen LogP contribution in [-0.2, 0) is 0 Å². The number of para-hydroxylation sites is 1. The van der Waals surface area contributed by atoms with Gasteiger partial charge in [0.15, 0.2) is 0 Å². The maximum absolute atomic E-state index is 2.37. The average molecular weight is 611 g/mol. The second-order valence-electron chi connectivity index (χ2n) is 11.4. The predicted molar refractivity (Wildman–Crippen MR) is 204 cm³/mol. The van der Waals surface area contributed by atoms with Crippen LogP contribution in [0.2, 0.25) is 0 Å². The second kappa shape index (κ2) is 15.1. The van der Waals surface area contributed by atoms with E-state index in [0.29, 0.717) is 0 Å². The van der Waals surface area contributed by atoms with Gasteiger partial charge in [-0.25, -0.2) is 0 Å². The first-order valence-electron chi connectivity index (χ1n) is 16.6. The molecule has 0 radical (unpaired) electrons. The van der Waals surface area contributed by atoms with Crippen LogP contribution in [0.5, 0.6) is 0 Å². The van der Waals surface area contributed by atoms with Crippen molar-refractivity contribution in [1.29, 1.82) is 0 Å². The van der Waals surface area contributed by atoms with Gasteiger partial charge in [0.05, 0.1) is 0 Å². The zero-order valence-corrected chi connectivity index (χ0v) is 27.6. The summed E-state index contributed by atoms with van der Waals surface area (Å²) in [5, 5.41) is 0. The van der Waals surface area contributed by atoms with Gasteiger partial charge in [0.25, 0.3) is 0 Å². The molecule has 0 unspecified atom stereocenters. The molecule has 0 amide bonds. The summed E-state index contributed by atoms with van der Waals surface area (Å²) in [7, 11) is 2.11. The van der Waals surface area contributed by atoms with Crippen LogP contribution in [0.3, 0.4) is 0 Å². The Bertz CT molecular complexity index is 1940. The number of benzene rings is 6. The van der Waals surface area contributed by atoms with Crippen molar-refractivity contribution in [2.75, 3.05) is 16.8 Å². The predicted octanol–water partition coefficient (Wildman–Crippen LogP) is 13.0. The van der Waals surface area contributed by atoms with Crippen molar-refractivity contribution >= 4 is 34.0 Å². The number of hydrogen-bond donors (Lipinski definition) is 0. The first kappa shape index (κ1) is 31.4. The quantitative estimate of drug-likeness (QED) is 0.169. The van der Waals surface area contributed by atoms with Gasteiger partial charge in [-0.05, 0) is 107 Å². The highest BCUT2D eigenvalue weighted by Gasteiger charge is 2.15. The molecule has 0 saturated carbocycles. The molecule has 0 heterocycles. The van der Waals surface area contributed by atoms with E-state index in [1.807, 2.05) is 19.9 Å². The van der Waals surface area contributed by atoms with Crippen molar-refractivity contribution in [1.82, 2.24) is 0 Å². The molecule has 6 aromatic rings. The van der Waals surface area contributed by atoms with E-state index in [2.05, 4.69) is 187 Å². The summed E-state index contributed by atoms with van der Waals surface area (Å²) < 4.78 is 0. The second-order valence-corrected chi connectivity index (χ2v) is 11.4. The minimum Gasteiger partial charge on any atom is -0.345 e. The third kappa shape index (κ3) is 7.29. The van der Waals surface area contributed by atoms with Crippen molar-refractivity contribution in [2.45, 2.75) is 26.7 Å². The molecule has 0 spiro atoms. The van der Waals surface area contributed by atoms with Gasteiger partial charge in [-0.2, -0.15) is 0 Å². The van der Waals surface area contributed by atoms with E-state index < -0.39 is 0 Å². The van der Waals surface area contributed by atoms with E-state index in [4.69, 9.17) is 0 Å². The van der Waals surface area contributed by atoms with E-state index in [-0.39, 0.29) is 0 Å². The number of allylic oxidation sites excluding steroid dienone is 4. The van der Waals surface area contributed by atoms with Crippen molar-refractivity contribution in [3.05, 3.63) is 182 Å². The van der Waals surface area contributed by atoms with Crippen molar-refractivity contribution in [3.63, 3.8) is 0 Å². The summed E-state index contributed by atoms with van der Waals surface area (Å²) in [6, 6.07) is 56.5. The van der Waals surface area contributed by atoms with Gasteiger partial charge in [-0.3, -0.25) is 0 Å². The van der Waals surface area contributed by atoms with Gasteiger partial charge in [0, 0.05) is 35.5 Å². The molecule has 7 rings (SSSR count). The fourth-order valence-electron chi connectivity index (χ4n) is 6.04. The van der Waals surface area contributed by atoms with Gasteiger partial charge in [0.1, 0.15) is 0 Å². The fraction of sp³-hybridized carbons (Fsp3) is 0.111. The van der Waals surface area contributed by atoms with Gasteiger partial charge >= 0.3 is 0 Å². The molecule has 0 fully saturated rings. The topological polar surface area (TPSA) is 6.48 Å². The largest absolute Gasteiger partial charge is 0.345 e. The van der Waals surface area contributed by atoms with Crippen LogP contribution in [0.1, 0.15) is 32.3 Å². The maximum atomic E-state index is 2.37. The molecule has 6 aromatic carbocycles. The number of anilines is 5. The Balaban J connectivity index is 0.00000190. The lowest BCUT2D eigenvalue weighted by molar-refractivity contribution is 1.04. The van der Waals surface area contributed by atoms with E-state index in [1.54, 1.807) is 0 Å². The van der Waals surface area contributed by atoms with Crippen LogP contribution in [0.15, 0.2) is 176 Å². The molecule has 47 heavy (non-hydrogen) atoms. The fourth-order valence-corrected chi connectivity index (χ4v) is 6.04. The van der Waals surface area contributed by atoms with Crippen molar-refractivity contribution in [3.8, 4) is 22.3 Å². The third-order valence-electron chi connectivity index (χ3n) is 8.50. The molecule has 0 N–H and O–H groups in total. The highest BCUT2D eigenvalue weighted by atomic mass is 15.1. The minimum absolute atomic E-state index is 1.09. The van der Waals surface area contributed by atoms with Gasteiger partial charge < -0.3 is 9.80 Å². The monoisotopic (exact) mass is 610 g/mol. The summed E-state index contributed by atoms with van der Waals surface area (Å²) >= 11 is 0. The highest BCUT2D eigenvalue weighted by molar-refractivity contribution is 5.84. The molecular weight excluding hydrogens is 569 g/mol. The lowest BCUT2D eigenvalue weighted by atomic mass is 9.98. The Hall–Kier alpha value is -5.60. The lowest BCUT2D eigenvalue weighted by Gasteiger charge is -2.27. The summed E-state index contributed by atoms with van der Waals surface area (Å²) in [4.78, 5) is 4.58. The molecule has 0 bridgehead atoms. The van der Waals surface area contributed by atoms with Gasteiger partial charge in [0.2, 0.25) is 0 Å². The maximum Gasteiger partial charge on any atom is 0.0467 e. The van der Waals surface area contributed by atoms with Crippen LogP contribution in [0, 0.1) is 0 Å². The van der Waals surface area contributed by atoms with Crippen molar-refractivity contribution < 1.29 is 0 Å². The van der Waals surface area contributed by atoms with Gasteiger partial charge in [-0.15, -0.1) is 0 Å². The molecule has 2 nitrogen and oxygen atoms in total. The molecule has 0 saturated heterocycles. The van der Waals surface area contributed by atoms with Gasteiger partial charge in [-0.1, -0.05) is 129 Å². The smallest absolute Gasteiger partial charge is 0.0467 e. The Morgan fingerprint density at radius 2 is 0.872 bits per heavy atom. The molecule has 1 aliphatic carbocycles. The first-order chi connectivity index (χ1) is 23.2. The summed E-state index contributed by atoms with van der Waals surface area (Å²) in [5.74, 6) is 0. The lowest BCUT2D eigenvalue weighted by Crippen LogP contribution is -2.10. The molecule has 0 atom stereocenters. The molecule has 1 aliphatic rings. The summed E-state index contributed by atoms with van der Waals surface area (Å²) in [6.45, 7) is 4.00. The van der Waals surface area contributed by atoms with Crippen LogP contribution >= 0.6 is 0 Å². The Kier molecular flexibility index (Phi) is 10.1. The minimum atomic E-state index is 1.09. The average Bonchev–Trinajstić information content (AvgIpc) is 3.17. The number of hydrogen-bond acceptors (Lipinski definition) is 2. The van der Waals surface area contributed by atoms with E-state index in [9.17, 15) is 0 Å².